The first-order chi connectivity index (χ1) is 60.2. The molecule has 18 aromatic carbocycles. The van der Waals surface area contributed by atoms with Gasteiger partial charge in [-0.25, -0.2) is 0 Å². The average molecular weight is 1610 g/mol. The van der Waals surface area contributed by atoms with Crippen molar-refractivity contribution in [1.82, 2.24) is 4.57 Å². The fourth-order valence-electron chi connectivity index (χ4n) is 21.4. The minimum atomic E-state index is -0.313. The van der Waals surface area contributed by atoms with Gasteiger partial charge in [0.15, 0.2) is 0 Å². The van der Waals surface area contributed by atoms with E-state index in [0.29, 0.717) is 0 Å². The maximum atomic E-state index is 7.09. The van der Waals surface area contributed by atoms with Crippen molar-refractivity contribution >= 4 is 152 Å². The molecule has 27 rings (SSSR count). The van der Waals surface area contributed by atoms with Crippen LogP contribution < -0.4 is 45.8 Å². The normalized spacial score (nSPS) is 14.0. The molecular formula is C111H68B2N4O2S3. The Hall–Kier alpha value is -14.2. The second-order valence-corrected chi connectivity index (χ2v) is 36.9. The molecule has 0 saturated heterocycles. The van der Waals surface area contributed by atoms with Crippen molar-refractivity contribution in [2.75, 3.05) is 14.5 Å². The van der Waals surface area contributed by atoms with E-state index in [1.54, 1.807) is 23.5 Å². The Morgan fingerprint density at radius 2 is 0.844 bits per heavy atom. The van der Waals surface area contributed by atoms with E-state index in [4.69, 9.17) is 9.47 Å². The van der Waals surface area contributed by atoms with E-state index in [9.17, 15) is 0 Å². The number of para-hydroxylation sites is 4. The van der Waals surface area contributed by atoms with E-state index in [-0.39, 0.29) is 19.1 Å². The summed E-state index contributed by atoms with van der Waals surface area (Å²) in [5.41, 5.74) is 38.3. The van der Waals surface area contributed by atoms with Gasteiger partial charge in [-0.3, -0.25) is 0 Å². The van der Waals surface area contributed by atoms with Gasteiger partial charge >= 0.3 is 13.7 Å². The largest absolute Gasteiger partial charge is 0.455 e. The Morgan fingerprint density at radius 1 is 0.303 bits per heavy atom. The summed E-state index contributed by atoms with van der Waals surface area (Å²) in [6.45, 7) is 4.40. The molecule has 0 N–H and O–H groups in total. The number of hydrogen-bond acceptors (Lipinski definition) is 8. The molecule has 7 aliphatic rings. The molecule has 568 valence electrons. The Bertz CT molecular complexity index is 7950. The average Bonchev–Trinajstić information content (AvgIpc) is 1.38. The van der Waals surface area contributed by atoms with Crippen LogP contribution in [0.3, 0.4) is 0 Å². The molecule has 1 aliphatic carbocycles. The number of thiophene rings is 1. The predicted molar refractivity (Wildman–Crippen MR) is 512 cm³/mol. The fraction of sp³-hybridized carbons (Fsp3) is 0.0270. The van der Waals surface area contributed by atoms with Crippen LogP contribution in [0.15, 0.2) is 396 Å². The number of ether oxygens (including phenoxy) is 2. The van der Waals surface area contributed by atoms with Gasteiger partial charge in [0, 0.05) is 105 Å². The lowest BCUT2D eigenvalue weighted by molar-refractivity contribution is 0.454. The van der Waals surface area contributed by atoms with Crippen molar-refractivity contribution in [1.29, 1.82) is 0 Å². The summed E-state index contributed by atoms with van der Waals surface area (Å²) in [7, 11) is 0. The molecule has 122 heavy (non-hydrogen) atoms. The summed E-state index contributed by atoms with van der Waals surface area (Å²) < 4.78 is 19.2. The third-order valence-corrected chi connectivity index (χ3v) is 30.1. The first-order valence-electron chi connectivity index (χ1n) is 42.0. The van der Waals surface area contributed by atoms with Crippen LogP contribution in [0.2, 0.25) is 0 Å². The van der Waals surface area contributed by atoms with E-state index < -0.39 is 0 Å². The van der Waals surface area contributed by atoms with E-state index >= 15 is 0 Å². The molecule has 0 bridgehead atoms. The Morgan fingerprint density at radius 3 is 1.57 bits per heavy atom. The zero-order valence-corrected chi connectivity index (χ0v) is 68.7. The summed E-state index contributed by atoms with van der Waals surface area (Å²) >= 11 is 5.52. The van der Waals surface area contributed by atoms with Crippen LogP contribution in [0.25, 0.3) is 137 Å². The predicted octanol–water partition coefficient (Wildman–Crippen LogP) is 28.3. The minimum Gasteiger partial charge on any atom is -0.455 e. The van der Waals surface area contributed by atoms with Gasteiger partial charge in [-0.2, -0.15) is 0 Å². The van der Waals surface area contributed by atoms with Crippen LogP contribution >= 0.6 is 34.9 Å². The monoisotopic (exact) mass is 1610 g/mol. The lowest BCUT2D eigenvalue weighted by atomic mass is 9.43. The number of rotatable bonds is 8. The van der Waals surface area contributed by atoms with E-state index in [2.05, 4.69) is 409 Å². The molecule has 2 aromatic heterocycles. The number of nitrogens with zero attached hydrogens (tertiary/aromatic N) is 4. The number of hydrogen-bond donors (Lipinski definition) is 0. The van der Waals surface area contributed by atoms with E-state index in [1.807, 2.05) is 11.3 Å². The molecule has 0 unspecified atom stereocenters. The maximum absolute atomic E-state index is 7.09. The third-order valence-electron chi connectivity index (χ3n) is 26.8. The standard InChI is InChI=1S/C111H68B2N4O2S3/c1-111(2)87-35-16-15-34-78(87)82-59-83-81-61-97-103(121-100-41-22-19-38-95(100)118-97)64-93(81)117(112-88-36-17-18-37-91(88)114(75-32-13-6-14-33-75)109(105(82)111)106(83)112)77-50-44-69(45-51-77)70-30-23-31-71(54-70)73-46-52-79-85-60-94-107-104(110(85)122-101(79)58-73)86-62-102-98(119-96-39-20-21-40-99(96)120-102)63-92(86)116(76-48-42-68(43-49-76)65-24-7-3-8-25-65)113(107)89-57-74(67-28-11-5-12-29-67)56-84-80-55-72(66-26-9-4-10-27-66)47-53-90(80)115(94)108(84)89/h3-64H,1-2H3. The molecule has 0 saturated carbocycles. The van der Waals surface area contributed by atoms with Gasteiger partial charge in [-0.1, -0.05) is 280 Å². The summed E-state index contributed by atoms with van der Waals surface area (Å²) in [6.07, 6.45) is 0. The van der Waals surface area contributed by atoms with Crippen LogP contribution in [0.1, 0.15) is 25.0 Å². The van der Waals surface area contributed by atoms with Gasteiger partial charge in [0.25, 0.3) is 0 Å². The van der Waals surface area contributed by atoms with Gasteiger partial charge in [0.2, 0.25) is 0 Å². The molecule has 11 heteroatoms. The van der Waals surface area contributed by atoms with Crippen LogP contribution in [0, 0.1) is 0 Å². The van der Waals surface area contributed by atoms with Gasteiger partial charge in [-0.15, -0.1) is 11.3 Å². The van der Waals surface area contributed by atoms with Crippen molar-refractivity contribution in [2.45, 2.75) is 38.8 Å². The molecule has 6 nitrogen and oxygen atoms in total. The Labute approximate surface area is 719 Å². The molecule has 20 aromatic rings. The maximum Gasteiger partial charge on any atom is 0.333 e. The second kappa shape index (κ2) is 25.9. The third kappa shape index (κ3) is 9.95. The Kier molecular flexibility index (Phi) is 14.6. The van der Waals surface area contributed by atoms with Gasteiger partial charge in [0.05, 0.1) is 30.6 Å². The lowest BCUT2D eigenvalue weighted by Crippen LogP contribution is -2.62. The molecule has 0 amide bonds. The van der Waals surface area contributed by atoms with Crippen LogP contribution in [0.5, 0.6) is 23.0 Å². The number of benzene rings is 18. The van der Waals surface area contributed by atoms with Crippen molar-refractivity contribution in [3.63, 3.8) is 0 Å². The smallest absolute Gasteiger partial charge is 0.333 e. The molecular weight excluding hydrogens is 1540 g/mol. The van der Waals surface area contributed by atoms with Gasteiger partial charge < -0.3 is 28.6 Å². The quantitative estimate of drug-likeness (QED) is 0.140. The summed E-state index contributed by atoms with van der Waals surface area (Å²) in [4.78, 5) is 12.3. The number of anilines is 7. The van der Waals surface area contributed by atoms with E-state index in [1.165, 1.54) is 159 Å². The molecule has 0 fully saturated rings. The Balaban J connectivity index is 0.631. The zero-order valence-electron chi connectivity index (χ0n) is 66.3. The van der Waals surface area contributed by atoms with Crippen LogP contribution in [-0.4, -0.2) is 18.3 Å². The van der Waals surface area contributed by atoms with Crippen LogP contribution in [0.4, 0.5) is 39.8 Å². The number of aromatic nitrogens is 1. The van der Waals surface area contributed by atoms with E-state index in [0.717, 1.165) is 93.3 Å². The highest BCUT2D eigenvalue weighted by atomic mass is 32.2. The summed E-state index contributed by atoms with van der Waals surface area (Å²) in [5.74, 6) is 3.49. The van der Waals surface area contributed by atoms with Crippen molar-refractivity contribution in [2.24, 2.45) is 0 Å². The molecule has 0 radical (unpaired) electrons. The highest BCUT2D eigenvalue weighted by Gasteiger charge is 2.52. The summed E-state index contributed by atoms with van der Waals surface area (Å²) in [6, 6.07) is 141. The summed E-state index contributed by atoms with van der Waals surface area (Å²) in [5, 5.41) is 4.94. The van der Waals surface area contributed by atoms with Gasteiger partial charge in [0.1, 0.15) is 23.0 Å². The van der Waals surface area contributed by atoms with Crippen molar-refractivity contribution < 1.29 is 9.47 Å². The molecule has 0 atom stereocenters. The first-order valence-corrected chi connectivity index (χ1v) is 44.4. The van der Waals surface area contributed by atoms with Gasteiger partial charge in [-0.05, 0) is 233 Å². The van der Waals surface area contributed by atoms with Crippen LogP contribution in [-0.2, 0) is 5.41 Å². The SMILES string of the molecule is CC1(C)c2ccccc2-c2cc3c4c(c21)N(c1ccccc1)c1ccccc1B4N(c1ccc(-c2cccc(-c4ccc5c(c4)sc4c6c7c(cc45)-n4c5ccc(-c8ccccc8)cc5c5cc(-c8ccccc8)cc(c54)B7N(c4ccc(-c5ccccc5)cc4)c4cc5c(cc4-6)Sc4ccccc4O5)c2)cc1)c1cc2c(cc1-3)Oc1ccccc1S2. The molecule has 0 spiro atoms. The second-order valence-electron chi connectivity index (χ2n) is 33.7. The fourth-order valence-corrected chi connectivity index (χ4v) is 24.6. The van der Waals surface area contributed by atoms with Crippen molar-refractivity contribution in [3.05, 3.63) is 387 Å². The minimum absolute atomic E-state index is 0.190. The molecule has 8 heterocycles. The topological polar surface area (TPSA) is 33.1 Å². The highest BCUT2D eigenvalue weighted by molar-refractivity contribution is 8.00. The first kappa shape index (κ1) is 68.7. The molecule has 6 aliphatic heterocycles. The van der Waals surface area contributed by atoms with Crippen molar-refractivity contribution in [3.8, 4) is 118 Å². The lowest BCUT2D eigenvalue weighted by Gasteiger charge is -2.47. The zero-order chi connectivity index (χ0) is 79.9. The number of fused-ring (bicyclic) bond motifs is 23. The highest BCUT2D eigenvalue weighted by Crippen LogP contribution is 2.62.